The molecule has 0 radical (unpaired) electrons. The molecule has 0 aliphatic carbocycles. The SMILES string of the molecule is CCCCCNC(=O)NCCCC/C=C\CCCCCCC(=O)N=C(CC)C(=O)O. The number of unbranched alkanes of at least 4 members (excludes halogenated alkanes) is 8. The van der Waals surface area contributed by atoms with Gasteiger partial charge in [0.1, 0.15) is 5.71 Å². The van der Waals surface area contributed by atoms with E-state index in [9.17, 15) is 14.4 Å². The number of carbonyl (C=O) groups is 3. The van der Waals surface area contributed by atoms with Crippen molar-refractivity contribution in [3.63, 3.8) is 0 Å². The van der Waals surface area contributed by atoms with Crippen LogP contribution in [0.3, 0.4) is 0 Å². The molecule has 0 aromatic rings. The van der Waals surface area contributed by atoms with E-state index in [0.717, 1.165) is 77.2 Å². The van der Waals surface area contributed by atoms with Gasteiger partial charge in [-0.2, -0.15) is 0 Å². The second kappa shape index (κ2) is 20.1. The normalized spacial score (nSPS) is 11.6. The standard InChI is InChI=1S/C23H41N3O4/c1-3-5-15-18-24-23(30)25-19-16-13-11-9-7-6-8-10-12-14-17-21(27)26-20(4-2)22(28)29/h7,9H,3-6,8,10-19H2,1-2H3,(H,28,29)(H2,24,25,30)/b9-7-,26-20?. The number of hydrogen-bond acceptors (Lipinski definition) is 3. The van der Waals surface area contributed by atoms with E-state index in [-0.39, 0.29) is 24.1 Å². The largest absolute Gasteiger partial charge is 0.477 e. The van der Waals surface area contributed by atoms with Gasteiger partial charge in [-0.05, 0) is 51.4 Å². The summed E-state index contributed by atoms with van der Waals surface area (Å²) >= 11 is 0. The molecule has 0 aromatic carbocycles. The van der Waals surface area contributed by atoms with E-state index >= 15 is 0 Å². The topological polar surface area (TPSA) is 108 Å². The fourth-order valence-corrected chi connectivity index (χ4v) is 2.84. The smallest absolute Gasteiger partial charge is 0.350 e. The highest BCUT2D eigenvalue weighted by Crippen LogP contribution is 2.08. The fraction of sp³-hybridized carbons (Fsp3) is 0.739. The molecule has 0 spiro atoms. The van der Waals surface area contributed by atoms with Gasteiger partial charge < -0.3 is 15.7 Å². The number of urea groups is 1. The average molecular weight is 424 g/mol. The quantitative estimate of drug-likeness (QED) is 0.164. The van der Waals surface area contributed by atoms with Crippen molar-refractivity contribution >= 4 is 23.6 Å². The Morgan fingerprint density at radius 3 is 1.93 bits per heavy atom. The van der Waals surface area contributed by atoms with Crippen LogP contribution in [0.4, 0.5) is 4.79 Å². The van der Waals surface area contributed by atoms with Gasteiger partial charge in [0.2, 0.25) is 5.91 Å². The van der Waals surface area contributed by atoms with Crippen molar-refractivity contribution in [3.05, 3.63) is 12.2 Å². The minimum atomic E-state index is -1.11. The average Bonchev–Trinajstić information content (AvgIpc) is 2.72. The van der Waals surface area contributed by atoms with Crippen LogP contribution in [0.1, 0.15) is 97.3 Å². The highest BCUT2D eigenvalue weighted by Gasteiger charge is 2.09. The van der Waals surface area contributed by atoms with Crippen LogP contribution in [-0.4, -0.2) is 41.8 Å². The lowest BCUT2D eigenvalue weighted by molar-refractivity contribution is -0.130. The van der Waals surface area contributed by atoms with Crippen molar-refractivity contribution < 1.29 is 19.5 Å². The second-order valence-electron chi connectivity index (χ2n) is 7.42. The Labute approximate surface area is 181 Å². The molecule has 0 saturated carbocycles. The van der Waals surface area contributed by atoms with Crippen LogP contribution in [-0.2, 0) is 9.59 Å². The number of amides is 3. The first-order valence-corrected chi connectivity index (χ1v) is 11.5. The minimum absolute atomic E-state index is 0.0633. The number of nitrogens with one attached hydrogen (secondary N) is 2. The van der Waals surface area contributed by atoms with Gasteiger partial charge >= 0.3 is 12.0 Å². The summed E-state index contributed by atoms with van der Waals surface area (Å²) in [7, 11) is 0. The molecule has 30 heavy (non-hydrogen) atoms. The molecular formula is C23H41N3O4. The monoisotopic (exact) mass is 423 g/mol. The first-order valence-electron chi connectivity index (χ1n) is 11.5. The van der Waals surface area contributed by atoms with E-state index in [1.165, 1.54) is 0 Å². The van der Waals surface area contributed by atoms with Crippen LogP contribution >= 0.6 is 0 Å². The molecule has 0 aliphatic rings. The molecule has 7 nitrogen and oxygen atoms in total. The third-order valence-electron chi connectivity index (χ3n) is 4.67. The van der Waals surface area contributed by atoms with Crippen molar-refractivity contribution in [3.8, 4) is 0 Å². The third-order valence-corrected chi connectivity index (χ3v) is 4.67. The zero-order chi connectivity index (χ0) is 22.5. The summed E-state index contributed by atoms with van der Waals surface area (Å²) in [5, 5.41) is 14.6. The summed E-state index contributed by atoms with van der Waals surface area (Å²) in [4.78, 5) is 37.6. The van der Waals surface area contributed by atoms with Gasteiger partial charge in [0, 0.05) is 19.5 Å². The Morgan fingerprint density at radius 1 is 0.800 bits per heavy atom. The molecular weight excluding hydrogens is 382 g/mol. The Morgan fingerprint density at radius 2 is 1.37 bits per heavy atom. The molecule has 0 unspecified atom stereocenters. The maximum atomic E-state index is 11.6. The maximum absolute atomic E-state index is 11.6. The highest BCUT2D eigenvalue weighted by atomic mass is 16.4. The van der Waals surface area contributed by atoms with Gasteiger partial charge in [-0.1, -0.05) is 51.7 Å². The molecule has 0 aromatic heterocycles. The maximum Gasteiger partial charge on any atom is 0.350 e. The van der Waals surface area contributed by atoms with Crippen LogP contribution in [0, 0.1) is 0 Å². The molecule has 0 aliphatic heterocycles. The number of aliphatic carboxylic acids is 1. The first kappa shape index (κ1) is 27.8. The summed E-state index contributed by atoms with van der Waals surface area (Å²) in [6, 6.07) is -0.0668. The van der Waals surface area contributed by atoms with Crippen molar-refractivity contribution in [2.45, 2.75) is 97.3 Å². The Kier molecular flexibility index (Phi) is 18.6. The lowest BCUT2D eigenvalue weighted by atomic mass is 10.1. The van der Waals surface area contributed by atoms with E-state index in [2.05, 4.69) is 34.7 Å². The molecule has 0 heterocycles. The molecule has 0 bridgehead atoms. The number of allylic oxidation sites excluding steroid dienone is 2. The van der Waals surface area contributed by atoms with E-state index in [1.807, 2.05) is 0 Å². The van der Waals surface area contributed by atoms with Crippen LogP contribution in [0.5, 0.6) is 0 Å². The van der Waals surface area contributed by atoms with Gasteiger partial charge in [-0.15, -0.1) is 0 Å². The van der Waals surface area contributed by atoms with Gasteiger partial charge in [0.05, 0.1) is 0 Å². The number of rotatable bonds is 18. The highest BCUT2D eigenvalue weighted by molar-refractivity contribution is 6.37. The Balaban J connectivity index is 3.49. The van der Waals surface area contributed by atoms with Crippen molar-refractivity contribution in [1.29, 1.82) is 0 Å². The third kappa shape index (κ3) is 17.9. The lowest BCUT2D eigenvalue weighted by Gasteiger charge is -2.06. The van der Waals surface area contributed by atoms with E-state index in [1.54, 1.807) is 6.92 Å². The van der Waals surface area contributed by atoms with Crippen molar-refractivity contribution in [2.24, 2.45) is 4.99 Å². The van der Waals surface area contributed by atoms with Gasteiger partial charge in [-0.25, -0.2) is 14.6 Å². The van der Waals surface area contributed by atoms with Crippen LogP contribution in [0.25, 0.3) is 0 Å². The van der Waals surface area contributed by atoms with E-state index in [4.69, 9.17) is 5.11 Å². The van der Waals surface area contributed by atoms with E-state index in [0.29, 0.717) is 13.0 Å². The summed E-state index contributed by atoms with van der Waals surface area (Å²) in [5.74, 6) is -1.45. The molecule has 3 N–H and O–H groups in total. The summed E-state index contributed by atoms with van der Waals surface area (Å²) in [6.07, 6.45) is 16.3. The summed E-state index contributed by atoms with van der Waals surface area (Å²) in [6.45, 7) is 5.28. The molecule has 3 amide bonds. The number of aliphatic imine (C=N–C) groups is 1. The van der Waals surface area contributed by atoms with Crippen molar-refractivity contribution in [2.75, 3.05) is 13.1 Å². The van der Waals surface area contributed by atoms with Crippen LogP contribution < -0.4 is 10.6 Å². The van der Waals surface area contributed by atoms with Crippen LogP contribution in [0.2, 0.25) is 0 Å². The zero-order valence-electron chi connectivity index (χ0n) is 18.9. The van der Waals surface area contributed by atoms with Gasteiger partial charge in [-0.3, -0.25) is 4.79 Å². The zero-order valence-corrected chi connectivity index (χ0v) is 18.9. The number of hydrogen-bond donors (Lipinski definition) is 3. The Hall–Kier alpha value is -2.18. The number of carboxylic acids is 1. The summed E-state index contributed by atoms with van der Waals surface area (Å²) < 4.78 is 0. The van der Waals surface area contributed by atoms with Crippen molar-refractivity contribution in [1.82, 2.24) is 10.6 Å². The molecule has 0 saturated heterocycles. The number of carboxylic acid groups (broad SMARTS) is 1. The number of carbonyl (C=O) groups excluding carboxylic acids is 2. The van der Waals surface area contributed by atoms with Crippen LogP contribution in [0.15, 0.2) is 17.1 Å². The lowest BCUT2D eigenvalue weighted by Crippen LogP contribution is -2.36. The molecule has 7 heteroatoms. The summed E-state index contributed by atoms with van der Waals surface area (Å²) in [5.41, 5.74) is -0.0633. The molecule has 172 valence electrons. The molecule has 0 atom stereocenters. The first-order chi connectivity index (χ1) is 14.5. The molecule has 0 fully saturated rings. The second-order valence-corrected chi connectivity index (χ2v) is 7.42. The van der Waals surface area contributed by atoms with E-state index < -0.39 is 5.97 Å². The Bertz CT molecular complexity index is 545. The van der Waals surface area contributed by atoms with Gasteiger partial charge in [0.15, 0.2) is 0 Å². The predicted molar refractivity (Wildman–Crippen MR) is 122 cm³/mol. The fourth-order valence-electron chi connectivity index (χ4n) is 2.84. The predicted octanol–water partition coefficient (Wildman–Crippen LogP) is 5.01. The molecule has 0 rings (SSSR count). The van der Waals surface area contributed by atoms with Gasteiger partial charge in [0.25, 0.3) is 0 Å². The minimum Gasteiger partial charge on any atom is -0.477 e. The number of nitrogens with zero attached hydrogens (tertiary/aromatic N) is 1.